The molecule has 88 valence electrons. The first-order valence-corrected chi connectivity index (χ1v) is 5.62. The largest absolute Gasteiger partial charge is 0.385 e. The quantitative estimate of drug-likeness (QED) is 0.466. The Hall–Kier alpha value is -0.630. The number of ether oxygens (including phenoxy) is 1. The topological polar surface area (TPSA) is 21.6 Å². The van der Waals surface area contributed by atoms with Crippen molar-refractivity contribution in [3.63, 3.8) is 0 Å². The summed E-state index contributed by atoms with van der Waals surface area (Å²) in [7, 11) is 1.72. The van der Waals surface area contributed by atoms with Crippen molar-refractivity contribution < 1.29 is 4.74 Å². The van der Waals surface area contributed by atoms with Crippen LogP contribution in [0.3, 0.4) is 0 Å². The summed E-state index contributed by atoms with van der Waals surface area (Å²) in [6.07, 6.45) is 5.03. The van der Waals surface area contributed by atoms with Crippen molar-refractivity contribution in [2.75, 3.05) is 20.3 Å². The molecule has 0 saturated carbocycles. The normalized spacial score (nSPS) is 12.3. The van der Waals surface area contributed by atoms with E-state index in [9.17, 15) is 0 Å². The zero-order valence-electron chi connectivity index (χ0n) is 10.7. The van der Waals surface area contributed by atoms with Gasteiger partial charge in [0.05, 0.1) is 0 Å². The SMILES string of the molecule is C=C(C=NCCC(C)(C)C)CCCOC. The fourth-order valence-electron chi connectivity index (χ4n) is 1.10. The lowest BCUT2D eigenvalue weighted by molar-refractivity contribution is 0.195. The lowest BCUT2D eigenvalue weighted by atomic mass is 9.92. The van der Waals surface area contributed by atoms with Gasteiger partial charge in [-0.3, -0.25) is 4.99 Å². The van der Waals surface area contributed by atoms with Gasteiger partial charge < -0.3 is 4.74 Å². The van der Waals surface area contributed by atoms with Crippen LogP contribution in [-0.2, 0) is 4.74 Å². The van der Waals surface area contributed by atoms with E-state index in [1.807, 2.05) is 6.21 Å². The second-order valence-electron chi connectivity index (χ2n) is 5.10. The van der Waals surface area contributed by atoms with Gasteiger partial charge in [0, 0.05) is 26.5 Å². The number of nitrogens with zero attached hydrogens (tertiary/aromatic N) is 1. The molecule has 15 heavy (non-hydrogen) atoms. The summed E-state index contributed by atoms with van der Waals surface area (Å²) in [6, 6.07) is 0. The molecular weight excluding hydrogens is 186 g/mol. The second-order valence-corrected chi connectivity index (χ2v) is 5.10. The third kappa shape index (κ3) is 11.3. The molecule has 0 rings (SSSR count). The van der Waals surface area contributed by atoms with Crippen molar-refractivity contribution in [2.45, 2.75) is 40.0 Å². The average Bonchev–Trinajstić information content (AvgIpc) is 2.11. The van der Waals surface area contributed by atoms with Gasteiger partial charge in [0.1, 0.15) is 0 Å². The average molecular weight is 211 g/mol. The molecule has 0 aromatic heterocycles. The number of hydrogen-bond donors (Lipinski definition) is 0. The molecular formula is C13H25NO. The Labute approximate surface area is 94.4 Å². The van der Waals surface area contributed by atoms with E-state index in [2.05, 4.69) is 32.3 Å². The summed E-state index contributed by atoms with van der Waals surface area (Å²) in [6.45, 7) is 12.3. The Morgan fingerprint density at radius 1 is 1.40 bits per heavy atom. The molecule has 2 heteroatoms. The highest BCUT2D eigenvalue weighted by atomic mass is 16.5. The molecule has 0 spiro atoms. The molecule has 0 aliphatic rings. The Morgan fingerprint density at radius 3 is 2.60 bits per heavy atom. The molecule has 0 atom stereocenters. The van der Waals surface area contributed by atoms with E-state index in [1.165, 1.54) is 0 Å². The van der Waals surface area contributed by atoms with Crippen molar-refractivity contribution in [3.8, 4) is 0 Å². The Kier molecular flexibility index (Phi) is 7.31. The van der Waals surface area contributed by atoms with Crippen LogP contribution in [0, 0.1) is 5.41 Å². The zero-order chi connectivity index (χ0) is 11.7. The van der Waals surface area contributed by atoms with Crippen LogP contribution in [0.4, 0.5) is 0 Å². The fourth-order valence-corrected chi connectivity index (χ4v) is 1.10. The highest BCUT2D eigenvalue weighted by molar-refractivity contribution is 5.77. The van der Waals surface area contributed by atoms with E-state index in [0.717, 1.165) is 38.0 Å². The number of aliphatic imine (C=N–C) groups is 1. The summed E-state index contributed by atoms with van der Waals surface area (Å²) >= 11 is 0. The summed E-state index contributed by atoms with van der Waals surface area (Å²) in [5, 5.41) is 0. The van der Waals surface area contributed by atoms with Crippen LogP contribution in [0.5, 0.6) is 0 Å². The van der Waals surface area contributed by atoms with Gasteiger partial charge in [0.2, 0.25) is 0 Å². The predicted molar refractivity (Wildman–Crippen MR) is 67.7 cm³/mol. The molecule has 0 N–H and O–H groups in total. The first-order chi connectivity index (χ1) is 6.95. The molecule has 0 fully saturated rings. The third-order valence-corrected chi connectivity index (χ3v) is 2.11. The van der Waals surface area contributed by atoms with Gasteiger partial charge in [-0.25, -0.2) is 0 Å². The van der Waals surface area contributed by atoms with Gasteiger partial charge in [-0.15, -0.1) is 0 Å². The Morgan fingerprint density at radius 2 is 2.07 bits per heavy atom. The predicted octanol–water partition coefficient (Wildman–Crippen LogP) is 3.48. The second kappa shape index (κ2) is 7.63. The fraction of sp³-hybridized carbons (Fsp3) is 0.769. The minimum absolute atomic E-state index is 0.370. The number of hydrogen-bond acceptors (Lipinski definition) is 2. The van der Waals surface area contributed by atoms with Crippen molar-refractivity contribution in [1.29, 1.82) is 0 Å². The maximum Gasteiger partial charge on any atom is 0.0465 e. The summed E-state index contributed by atoms with van der Waals surface area (Å²) < 4.78 is 4.98. The first kappa shape index (κ1) is 14.4. The minimum atomic E-state index is 0.370. The molecule has 0 aliphatic heterocycles. The molecule has 0 aromatic carbocycles. The van der Waals surface area contributed by atoms with Gasteiger partial charge in [-0.2, -0.15) is 0 Å². The van der Waals surface area contributed by atoms with Crippen LogP contribution in [0.1, 0.15) is 40.0 Å². The van der Waals surface area contributed by atoms with Gasteiger partial charge in [0.15, 0.2) is 0 Å². The molecule has 0 amide bonds. The lowest BCUT2D eigenvalue weighted by Crippen LogP contribution is -2.06. The first-order valence-electron chi connectivity index (χ1n) is 5.62. The van der Waals surface area contributed by atoms with Crippen LogP contribution < -0.4 is 0 Å². The molecule has 0 aliphatic carbocycles. The smallest absolute Gasteiger partial charge is 0.0465 e. The van der Waals surface area contributed by atoms with Crippen LogP contribution in [-0.4, -0.2) is 26.5 Å². The highest BCUT2D eigenvalue weighted by Crippen LogP contribution is 2.17. The molecule has 0 radical (unpaired) electrons. The summed E-state index contributed by atoms with van der Waals surface area (Å²) in [5.74, 6) is 0. The van der Waals surface area contributed by atoms with Crippen LogP contribution >= 0.6 is 0 Å². The van der Waals surface area contributed by atoms with Crippen molar-refractivity contribution in [2.24, 2.45) is 10.4 Å². The number of methoxy groups -OCH3 is 1. The summed E-state index contributed by atoms with van der Waals surface area (Å²) in [5.41, 5.74) is 1.47. The van der Waals surface area contributed by atoms with Crippen LogP contribution in [0.25, 0.3) is 0 Å². The van der Waals surface area contributed by atoms with Gasteiger partial charge in [0.25, 0.3) is 0 Å². The monoisotopic (exact) mass is 211 g/mol. The maximum absolute atomic E-state index is 4.98. The minimum Gasteiger partial charge on any atom is -0.385 e. The standard InChI is InChI=1S/C13H25NO/c1-12(7-6-10-15-5)11-14-9-8-13(2,3)4/h11H,1,6-10H2,2-5H3. The van der Waals surface area contributed by atoms with E-state index >= 15 is 0 Å². The molecule has 0 bridgehead atoms. The van der Waals surface area contributed by atoms with Crippen molar-refractivity contribution in [3.05, 3.63) is 12.2 Å². The zero-order valence-corrected chi connectivity index (χ0v) is 10.7. The molecule has 0 saturated heterocycles. The Balaban J connectivity index is 3.55. The van der Waals surface area contributed by atoms with Crippen LogP contribution in [0.2, 0.25) is 0 Å². The van der Waals surface area contributed by atoms with Gasteiger partial charge in [-0.1, -0.05) is 27.4 Å². The van der Waals surface area contributed by atoms with E-state index in [1.54, 1.807) is 7.11 Å². The number of rotatable bonds is 7. The maximum atomic E-state index is 4.98. The molecule has 0 heterocycles. The van der Waals surface area contributed by atoms with Gasteiger partial charge >= 0.3 is 0 Å². The van der Waals surface area contributed by atoms with E-state index in [4.69, 9.17) is 4.74 Å². The molecule has 0 aromatic rings. The molecule has 0 unspecified atom stereocenters. The lowest BCUT2D eigenvalue weighted by Gasteiger charge is -2.15. The Bertz CT molecular complexity index is 201. The number of allylic oxidation sites excluding steroid dienone is 1. The van der Waals surface area contributed by atoms with E-state index in [0.29, 0.717) is 5.41 Å². The summed E-state index contributed by atoms with van der Waals surface area (Å²) in [4.78, 5) is 4.37. The van der Waals surface area contributed by atoms with E-state index in [-0.39, 0.29) is 0 Å². The highest BCUT2D eigenvalue weighted by Gasteiger charge is 2.07. The molecule has 2 nitrogen and oxygen atoms in total. The third-order valence-electron chi connectivity index (χ3n) is 2.11. The van der Waals surface area contributed by atoms with Crippen LogP contribution in [0.15, 0.2) is 17.1 Å². The van der Waals surface area contributed by atoms with Gasteiger partial charge in [-0.05, 0) is 30.3 Å². The van der Waals surface area contributed by atoms with Crippen molar-refractivity contribution >= 4 is 6.21 Å². The van der Waals surface area contributed by atoms with E-state index < -0.39 is 0 Å². The van der Waals surface area contributed by atoms with Crippen molar-refractivity contribution in [1.82, 2.24) is 0 Å².